The average Bonchev–Trinajstić information content (AvgIpc) is 3.46. The number of aryl methyl sites for hydroxylation is 2. The fraction of sp³-hybridized carbons (Fsp3) is 0.214. The van der Waals surface area contributed by atoms with Gasteiger partial charge >= 0.3 is 0 Å². The molecule has 5 rings (SSSR count). The first-order chi connectivity index (χ1) is 17.0. The lowest BCUT2D eigenvalue weighted by molar-refractivity contribution is -0.121. The van der Waals surface area contributed by atoms with E-state index in [9.17, 15) is 9.59 Å². The van der Waals surface area contributed by atoms with E-state index in [1.165, 1.54) is 17.3 Å². The number of anilines is 1. The van der Waals surface area contributed by atoms with Gasteiger partial charge in [-0.15, -0.1) is 0 Å². The Morgan fingerprint density at radius 1 is 1.00 bits per heavy atom. The molecule has 0 saturated carbocycles. The minimum absolute atomic E-state index is 0.0587. The summed E-state index contributed by atoms with van der Waals surface area (Å²) in [4.78, 5) is 29.8. The van der Waals surface area contributed by atoms with Gasteiger partial charge in [-0.05, 0) is 36.6 Å². The Morgan fingerprint density at radius 2 is 1.71 bits per heavy atom. The van der Waals surface area contributed by atoms with Crippen molar-refractivity contribution in [3.8, 4) is 0 Å². The molecule has 2 atom stereocenters. The Balaban J connectivity index is 1.35. The van der Waals surface area contributed by atoms with Crippen LogP contribution in [0, 0.1) is 13.8 Å². The first-order valence-corrected chi connectivity index (χ1v) is 12.5. The molecule has 0 aliphatic carbocycles. The number of amides is 2. The van der Waals surface area contributed by atoms with Gasteiger partial charge in [-0.1, -0.05) is 90.1 Å². The Labute approximate surface area is 209 Å². The van der Waals surface area contributed by atoms with Gasteiger partial charge in [-0.2, -0.15) is 10.1 Å². The molecule has 3 aromatic carbocycles. The molecule has 0 aromatic heterocycles. The lowest BCUT2D eigenvalue weighted by Gasteiger charge is -2.23. The van der Waals surface area contributed by atoms with Crippen LogP contribution in [-0.2, 0) is 9.59 Å². The van der Waals surface area contributed by atoms with Crippen LogP contribution in [0.4, 0.5) is 5.69 Å². The minimum atomic E-state index is -0.566. The fourth-order valence-electron chi connectivity index (χ4n) is 4.23. The zero-order valence-corrected chi connectivity index (χ0v) is 20.5. The van der Waals surface area contributed by atoms with Gasteiger partial charge in [0.25, 0.3) is 5.91 Å². The molecule has 7 heteroatoms. The number of nitrogens with one attached hydrogen (secondary N) is 1. The highest BCUT2D eigenvalue weighted by Crippen LogP contribution is 2.38. The number of hydrazone groups is 1. The number of rotatable bonds is 5. The van der Waals surface area contributed by atoms with Gasteiger partial charge < -0.3 is 5.32 Å². The summed E-state index contributed by atoms with van der Waals surface area (Å²) in [5.74, 6) is -0.498. The van der Waals surface area contributed by atoms with Crippen LogP contribution in [0.1, 0.15) is 41.1 Å². The highest BCUT2D eigenvalue weighted by atomic mass is 32.2. The second-order valence-corrected chi connectivity index (χ2v) is 9.96. The highest BCUT2D eigenvalue weighted by molar-refractivity contribution is 8.15. The van der Waals surface area contributed by atoms with Crippen LogP contribution in [0.25, 0.3) is 0 Å². The average molecular weight is 483 g/mol. The second kappa shape index (κ2) is 9.88. The molecule has 0 unspecified atom stereocenters. The number of nitrogens with zero attached hydrogens (tertiary/aromatic N) is 3. The van der Waals surface area contributed by atoms with Crippen molar-refractivity contribution in [2.24, 2.45) is 10.1 Å². The molecular weight excluding hydrogens is 456 g/mol. The third-order valence-electron chi connectivity index (χ3n) is 6.19. The number of hydrogen-bond donors (Lipinski definition) is 1. The van der Waals surface area contributed by atoms with Gasteiger partial charge in [0.2, 0.25) is 5.91 Å². The highest BCUT2D eigenvalue weighted by Gasteiger charge is 2.39. The third-order valence-corrected chi connectivity index (χ3v) is 7.34. The molecule has 0 spiro atoms. The molecule has 2 aliphatic heterocycles. The summed E-state index contributed by atoms with van der Waals surface area (Å²) in [5, 5.41) is 9.64. The van der Waals surface area contributed by atoms with E-state index in [4.69, 9.17) is 5.10 Å². The molecule has 0 saturated heterocycles. The van der Waals surface area contributed by atoms with Crippen molar-refractivity contribution in [1.82, 2.24) is 5.01 Å². The molecule has 0 bridgehead atoms. The summed E-state index contributed by atoms with van der Waals surface area (Å²) in [6.45, 7) is 4.00. The lowest BCUT2D eigenvalue weighted by Crippen LogP contribution is -2.25. The second-order valence-electron chi connectivity index (χ2n) is 8.79. The molecule has 176 valence electrons. The van der Waals surface area contributed by atoms with E-state index in [0.717, 1.165) is 28.1 Å². The molecular formula is C28H26N4O2S. The normalized spacial score (nSPS) is 19.5. The van der Waals surface area contributed by atoms with Crippen molar-refractivity contribution >= 4 is 40.1 Å². The topological polar surface area (TPSA) is 74.1 Å². The molecule has 2 heterocycles. The van der Waals surface area contributed by atoms with Gasteiger partial charge in [0.05, 0.1) is 11.8 Å². The summed E-state index contributed by atoms with van der Waals surface area (Å²) in [7, 11) is 0. The standard InChI is InChI=1S/C28H26N4O2S/c1-18-12-14-21(15-13-18)24-16-23(20-9-4-3-5-10-20)31-32(24)28-30-27(34)25(35-28)17-26(33)29-22-11-7-6-8-19(22)2/h3-15,24-25H,16-17H2,1-2H3,(H,29,33)/t24-,25+/m1/s1. The van der Waals surface area contributed by atoms with Crippen molar-refractivity contribution in [3.63, 3.8) is 0 Å². The quantitative estimate of drug-likeness (QED) is 0.523. The van der Waals surface area contributed by atoms with Crippen LogP contribution in [0.2, 0.25) is 0 Å². The van der Waals surface area contributed by atoms with Crippen LogP contribution in [-0.4, -0.2) is 33.0 Å². The molecule has 0 fully saturated rings. The Morgan fingerprint density at radius 3 is 2.46 bits per heavy atom. The van der Waals surface area contributed by atoms with E-state index < -0.39 is 5.25 Å². The number of carbonyl (C=O) groups is 2. The van der Waals surface area contributed by atoms with Crippen LogP contribution in [0.5, 0.6) is 0 Å². The first-order valence-electron chi connectivity index (χ1n) is 11.6. The summed E-state index contributed by atoms with van der Waals surface area (Å²) in [6, 6.07) is 26.0. The van der Waals surface area contributed by atoms with Crippen LogP contribution in [0.3, 0.4) is 0 Å². The number of carbonyl (C=O) groups excluding carboxylic acids is 2. The van der Waals surface area contributed by atoms with Gasteiger partial charge in [0, 0.05) is 18.5 Å². The smallest absolute Gasteiger partial charge is 0.262 e. The van der Waals surface area contributed by atoms with Crippen LogP contribution in [0.15, 0.2) is 89.0 Å². The Hall–Kier alpha value is -3.71. The molecule has 6 nitrogen and oxygen atoms in total. The van der Waals surface area contributed by atoms with Gasteiger partial charge in [-0.25, -0.2) is 5.01 Å². The maximum atomic E-state index is 12.8. The van der Waals surface area contributed by atoms with E-state index in [1.807, 2.05) is 66.5 Å². The minimum Gasteiger partial charge on any atom is -0.326 e. The summed E-state index contributed by atoms with van der Waals surface area (Å²) >= 11 is 1.32. The van der Waals surface area contributed by atoms with E-state index in [2.05, 4.69) is 41.5 Å². The zero-order chi connectivity index (χ0) is 24.4. The maximum Gasteiger partial charge on any atom is 0.262 e. The summed E-state index contributed by atoms with van der Waals surface area (Å²) in [5.41, 5.74) is 6.03. The summed E-state index contributed by atoms with van der Waals surface area (Å²) < 4.78 is 0. The number of para-hydroxylation sites is 1. The SMILES string of the molecule is Cc1ccc([C@H]2CC(c3ccccc3)=NN2C2=NC(=O)[C@H](CC(=O)Nc3ccccc3C)S2)cc1. The van der Waals surface area contributed by atoms with Crippen molar-refractivity contribution in [2.75, 3.05) is 5.32 Å². The van der Waals surface area contributed by atoms with E-state index in [1.54, 1.807) is 0 Å². The molecule has 35 heavy (non-hydrogen) atoms. The zero-order valence-electron chi connectivity index (χ0n) is 19.6. The predicted octanol–water partition coefficient (Wildman–Crippen LogP) is 5.48. The number of hydrogen-bond acceptors (Lipinski definition) is 5. The maximum absolute atomic E-state index is 12.8. The predicted molar refractivity (Wildman–Crippen MR) is 142 cm³/mol. The van der Waals surface area contributed by atoms with Crippen LogP contribution < -0.4 is 5.32 Å². The first kappa shape index (κ1) is 23.1. The molecule has 1 N–H and O–H groups in total. The van der Waals surface area contributed by atoms with Crippen LogP contribution >= 0.6 is 11.8 Å². The van der Waals surface area contributed by atoms with Crippen molar-refractivity contribution in [3.05, 3.63) is 101 Å². The van der Waals surface area contributed by atoms with E-state index >= 15 is 0 Å². The molecule has 2 amide bonds. The molecule has 0 radical (unpaired) electrons. The number of benzene rings is 3. The fourth-order valence-corrected chi connectivity index (χ4v) is 5.29. The van der Waals surface area contributed by atoms with Crippen molar-refractivity contribution < 1.29 is 9.59 Å². The van der Waals surface area contributed by atoms with Gasteiger partial charge in [0.1, 0.15) is 5.25 Å². The van der Waals surface area contributed by atoms with Crippen molar-refractivity contribution in [2.45, 2.75) is 38.0 Å². The van der Waals surface area contributed by atoms with E-state index in [-0.39, 0.29) is 24.3 Å². The van der Waals surface area contributed by atoms with Gasteiger partial charge in [0.15, 0.2) is 5.17 Å². The number of amidine groups is 1. The summed E-state index contributed by atoms with van der Waals surface area (Å²) in [6.07, 6.45) is 0.766. The molecule has 2 aliphatic rings. The lowest BCUT2D eigenvalue weighted by atomic mass is 9.98. The van der Waals surface area contributed by atoms with E-state index in [0.29, 0.717) is 11.6 Å². The monoisotopic (exact) mass is 482 g/mol. The molecule has 3 aromatic rings. The van der Waals surface area contributed by atoms with Gasteiger partial charge in [-0.3, -0.25) is 9.59 Å². The number of aliphatic imine (C=N–C) groups is 1. The Kier molecular flexibility index (Phi) is 6.51. The number of thioether (sulfide) groups is 1. The van der Waals surface area contributed by atoms with Crippen molar-refractivity contribution in [1.29, 1.82) is 0 Å². The largest absolute Gasteiger partial charge is 0.326 e. The Bertz CT molecular complexity index is 1320. The third kappa shape index (κ3) is 5.05.